The number of hydrogen-bond donors (Lipinski definition) is 1. The Kier molecular flexibility index (Phi) is 3.81. The van der Waals surface area contributed by atoms with Crippen LogP contribution in [0.25, 0.3) is 0 Å². The third kappa shape index (κ3) is 2.96. The van der Waals surface area contributed by atoms with Crippen LogP contribution in [0.3, 0.4) is 0 Å². The van der Waals surface area contributed by atoms with E-state index in [0.717, 1.165) is 18.0 Å². The first-order valence-electron chi connectivity index (χ1n) is 6.60. The van der Waals surface area contributed by atoms with E-state index in [-0.39, 0.29) is 0 Å². The molecule has 3 nitrogen and oxygen atoms in total. The third-order valence-electron chi connectivity index (χ3n) is 3.59. The van der Waals surface area contributed by atoms with Crippen LogP contribution in [0.4, 0.5) is 0 Å². The molecule has 18 heavy (non-hydrogen) atoms. The van der Waals surface area contributed by atoms with Gasteiger partial charge in [-0.1, -0.05) is 19.9 Å². The number of hydrogen-bond acceptors (Lipinski definition) is 3. The van der Waals surface area contributed by atoms with Crippen molar-refractivity contribution in [2.45, 2.75) is 39.8 Å². The number of benzene rings is 1. The highest BCUT2D eigenvalue weighted by Gasteiger charge is 2.44. The van der Waals surface area contributed by atoms with Crippen LogP contribution >= 0.6 is 0 Å². The van der Waals surface area contributed by atoms with Crippen molar-refractivity contribution < 1.29 is 9.47 Å². The Hall–Kier alpha value is -1.22. The van der Waals surface area contributed by atoms with Gasteiger partial charge in [0, 0.05) is 12.6 Å². The van der Waals surface area contributed by atoms with Crippen molar-refractivity contribution in [2.75, 3.05) is 13.7 Å². The average molecular weight is 249 g/mol. The van der Waals surface area contributed by atoms with Crippen molar-refractivity contribution in [3.8, 4) is 11.5 Å². The molecule has 100 valence electrons. The van der Waals surface area contributed by atoms with Crippen LogP contribution in [-0.2, 0) is 6.54 Å². The van der Waals surface area contributed by atoms with E-state index in [2.05, 4.69) is 25.2 Å². The van der Waals surface area contributed by atoms with Gasteiger partial charge in [0.1, 0.15) is 0 Å². The first kappa shape index (κ1) is 13.2. The Morgan fingerprint density at radius 1 is 1.33 bits per heavy atom. The van der Waals surface area contributed by atoms with E-state index < -0.39 is 0 Å². The molecule has 3 heteroatoms. The summed E-state index contributed by atoms with van der Waals surface area (Å²) in [4.78, 5) is 0. The summed E-state index contributed by atoms with van der Waals surface area (Å²) in [7, 11) is 1.68. The predicted octanol–water partition coefficient (Wildman–Crippen LogP) is 2.98. The summed E-state index contributed by atoms with van der Waals surface area (Å²) in [6, 6.07) is 6.77. The molecule has 1 aliphatic carbocycles. The third-order valence-corrected chi connectivity index (χ3v) is 3.59. The lowest BCUT2D eigenvalue weighted by Gasteiger charge is -2.12. The molecular weight excluding hydrogens is 226 g/mol. The van der Waals surface area contributed by atoms with Crippen molar-refractivity contribution in [3.05, 3.63) is 23.8 Å². The van der Waals surface area contributed by atoms with Gasteiger partial charge in [-0.25, -0.2) is 0 Å². The number of nitrogens with one attached hydrogen (secondary N) is 1. The summed E-state index contributed by atoms with van der Waals surface area (Å²) < 4.78 is 10.9. The van der Waals surface area contributed by atoms with Crippen LogP contribution in [0.15, 0.2) is 18.2 Å². The molecule has 1 N–H and O–H groups in total. The Morgan fingerprint density at radius 3 is 2.61 bits per heavy atom. The second kappa shape index (κ2) is 5.19. The van der Waals surface area contributed by atoms with E-state index in [0.29, 0.717) is 18.1 Å². The van der Waals surface area contributed by atoms with E-state index in [1.54, 1.807) is 7.11 Å². The number of rotatable bonds is 6. The Labute approximate surface area is 109 Å². The fraction of sp³-hybridized carbons (Fsp3) is 0.600. The maximum atomic E-state index is 5.51. The zero-order valence-electron chi connectivity index (χ0n) is 11.7. The Morgan fingerprint density at radius 2 is 2.06 bits per heavy atom. The highest BCUT2D eigenvalue weighted by atomic mass is 16.5. The van der Waals surface area contributed by atoms with Crippen LogP contribution in [0.5, 0.6) is 11.5 Å². The summed E-state index contributed by atoms with van der Waals surface area (Å²) in [6.07, 6.45) is 1.27. The molecule has 1 unspecified atom stereocenters. The normalized spacial score (nSPS) is 20.6. The van der Waals surface area contributed by atoms with Gasteiger partial charge < -0.3 is 14.8 Å². The fourth-order valence-corrected chi connectivity index (χ4v) is 2.15. The maximum Gasteiger partial charge on any atom is 0.161 e. The minimum Gasteiger partial charge on any atom is -0.493 e. The molecule has 0 bridgehead atoms. The number of ether oxygens (including phenoxy) is 2. The summed E-state index contributed by atoms with van der Waals surface area (Å²) >= 11 is 0. The van der Waals surface area contributed by atoms with Crippen LogP contribution in [-0.4, -0.2) is 19.8 Å². The van der Waals surface area contributed by atoms with Gasteiger partial charge in [-0.2, -0.15) is 0 Å². The van der Waals surface area contributed by atoms with Gasteiger partial charge >= 0.3 is 0 Å². The maximum absolute atomic E-state index is 5.51. The van der Waals surface area contributed by atoms with Crippen molar-refractivity contribution in [3.63, 3.8) is 0 Å². The van der Waals surface area contributed by atoms with Crippen LogP contribution in [0.1, 0.15) is 32.8 Å². The lowest BCUT2D eigenvalue weighted by Crippen LogP contribution is -2.19. The highest BCUT2D eigenvalue weighted by Crippen LogP contribution is 2.44. The molecule has 1 aromatic rings. The van der Waals surface area contributed by atoms with E-state index >= 15 is 0 Å². The van der Waals surface area contributed by atoms with Gasteiger partial charge in [-0.3, -0.25) is 0 Å². The van der Waals surface area contributed by atoms with Gasteiger partial charge in [-0.05, 0) is 36.5 Å². The molecule has 0 heterocycles. The summed E-state index contributed by atoms with van der Waals surface area (Å²) in [5.41, 5.74) is 1.70. The molecule has 0 spiro atoms. The summed E-state index contributed by atoms with van der Waals surface area (Å²) in [5.74, 6) is 1.63. The Bertz CT molecular complexity index is 415. The summed E-state index contributed by atoms with van der Waals surface area (Å²) in [6.45, 7) is 8.11. The smallest absolute Gasteiger partial charge is 0.161 e. The molecule has 1 aromatic carbocycles. The van der Waals surface area contributed by atoms with E-state index in [1.165, 1.54) is 12.0 Å². The predicted molar refractivity (Wildman–Crippen MR) is 73.2 cm³/mol. The fourth-order valence-electron chi connectivity index (χ4n) is 2.15. The monoisotopic (exact) mass is 249 g/mol. The van der Waals surface area contributed by atoms with Gasteiger partial charge in [-0.15, -0.1) is 0 Å². The molecule has 1 aliphatic rings. The zero-order chi connectivity index (χ0) is 13.2. The zero-order valence-corrected chi connectivity index (χ0v) is 11.7. The lowest BCUT2D eigenvalue weighted by molar-refractivity contribution is 0.310. The molecule has 0 aromatic heterocycles. The van der Waals surface area contributed by atoms with Crippen molar-refractivity contribution >= 4 is 0 Å². The van der Waals surface area contributed by atoms with Gasteiger partial charge in [0.05, 0.1) is 13.7 Å². The molecule has 0 amide bonds. The van der Waals surface area contributed by atoms with Gasteiger partial charge in [0.15, 0.2) is 11.5 Å². The van der Waals surface area contributed by atoms with Crippen molar-refractivity contribution in [1.82, 2.24) is 5.32 Å². The first-order chi connectivity index (χ1) is 8.56. The quantitative estimate of drug-likeness (QED) is 0.840. The largest absolute Gasteiger partial charge is 0.493 e. The molecule has 0 saturated heterocycles. The molecule has 1 saturated carbocycles. The van der Waals surface area contributed by atoms with Crippen molar-refractivity contribution in [1.29, 1.82) is 0 Å². The van der Waals surface area contributed by atoms with Gasteiger partial charge in [0.2, 0.25) is 0 Å². The second-order valence-corrected chi connectivity index (χ2v) is 5.54. The molecule has 1 fully saturated rings. The van der Waals surface area contributed by atoms with E-state index in [9.17, 15) is 0 Å². The number of methoxy groups -OCH3 is 1. The summed E-state index contributed by atoms with van der Waals surface area (Å²) in [5, 5.41) is 3.57. The molecule has 0 aliphatic heterocycles. The minimum atomic E-state index is 0.468. The molecular formula is C15H23NO2. The van der Waals surface area contributed by atoms with Crippen LogP contribution in [0, 0.1) is 5.41 Å². The minimum absolute atomic E-state index is 0.468. The second-order valence-electron chi connectivity index (χ2n) is 5.54. The average Bonchev–Trinajstić information content (AvgIpc) is 2.96. The SMILES string of the molecule is CCOc1ccc(CNC2CC2(C)C)cc1OC. The first-order valence-corrected chi connectivity index (χ1v) is 6.60. The van der Waals surface area contributed by atoms with Gasteiger partial charge in [0.25, 0.3) is 0 Å². The topological polar surface area (TPSA) is 30.5 Å². The highest BCUT2D eigenvalue weighted by molar-refractivity contribution is 5.43. The molecule has 2 rings (SSSR count). The van der Waals surface area contributed by atoms with E-state index in [4.69, 9.17) is 9.47 Å². The van der Waals surface area contributed by atoms with Crippen LogP contribution in [0.2, 0.25) is 0 Å². The molecule has 0 radical (unpaired) electrons. The lowest BCUT2D eigenvalue weighted by atomic mass is 10.1. The molecule has 1 atom stereocenters. The standard InChI is InChI=1S/C15H23NO2/c1-5-18-12-7-6-11(8-13(12)17-4)10-16-14-9-15(14,2)3/h6-8,14,16H,5,9-10H2,1-4H3. The van der Waals surface area contributed by atoms with E-state index in [1.807, 2.05) is 19.1 Å². The van der Waals surface area contributed by atoms with Crippen molar-refractivity contribution in [2.24, 2.45) is 5.41 Å². The van der Waals surface area contributed by atoms with Crippen LogP contribution < -0.4 is 14.8 Å². The Balaban J connectivity index is 1.97.